The number of rotatable bonds is 13. The Morgan fingerprint density at radius 3 is 2.20 bits per heavy atom. The summed E-state index contributed by atoms with van der Waals surface area (Å²) in [5.41, 5.74) is 3.90. The Bertz CT molecular complexity index is 1050. The Kier molecular flexibility index (Phi) is 10.4. The van der Waals surface area contributed by atoms with E-state index in [2.05, 4.69) is 12.2 Å². The first-order valence-corrected chi connectivity index (χ1v) is 12.4. The van der Waals surface area contributed by atoms with Crippen molar-refractivity contribution in [1.82, 2.24) is 5.32 Å². The highest BCUT2D eigenvalue weighted by atomic mass is 16.5. The summed E-state index contributed by atoms with van der Waals surface area (Å²) in [5.74, 6) is 0.377. The molecule has 0 saturated heterocycles. The number of esters is 1. The van der Waals surface area contributed by atoms with Crippen LogP contribution in [0, 0.1) is 5.92 Å². The van der Waals surface area contributed by atoms with Crippen molar-refractivity contribution in [3.8, 4) is 16.9 Å². The molecule has 0 bridgehead atoms. The molecular formula is C30H35NO4. The summed E-state index contributed by atoms with van der Waals surface area (Å²) in [7, 11) is 0. The number of carbonyl (C=O) groups is 2. The molecule has 0 radical (unpaired) electrons. The first-order valence-electron chi connectivity index (χ1n) is 12.4. The lowest BCUT2D eigenvalue weighted by atomic mass is 9.94. The van der Waals surface area contributed by atoms with Gasteiger partial charge in [-0.15, -0.1) is 0 Å². The van der Waals surface area contributed by atoms with E-state index >= 15 is 0 Å². The number of hydrogen-bond donors (Lipinski definition) is 1. The highest BCUT2D eigenvalue weighted by Gasteiger charge is 2.19. The molecule has 184 valence electrons. The molecule has 0 aromatic heterocycles. The average molecular weight is 474 g/mol. The van der Waals surface area contributed by atoms with Crippen molar-refractivity contribution in [2.45, 2.75) is 39.5 Å². The minimum atomic E-state index is -0.124. The smallest absolute Gasteiger partial charge is 0.309 e. The molecule has 3 aromatic carbocycles. The van der Waals surface area contributed by atoms with Crippen molar-refractivity contribution in [3.05, 3.63) is 90.0 Å². The monoisotopic (exact) mass is 473 g/mol. The molecule has 0 aliphatic rings. The standard InChI is InChI=1S/C30H35NO4/c1-3-5-9-27(30(33)34-4-2)22-23-12-18-28(19-13-23)35-21-20-31-29(32)26-16-14-25(15-17-26)24-10-7-6-8-11-24/h6-8,10-19,27H,3-5,9,20-22H2,1-2H3,(H,31,32). The van der Waals surface area contributed by atoms with Gasteiger partial charge in [-0.2, -0.15) is 0 Å². The van der Waals surface area contributed by atoms with Gasteiger partial charge in [-0.05, 0) is 60.7 Å². The average Bonchev–Trinajstić information content (AvgIpc) is 2.90. The van der Waals surface area contributed by atoms with E-state index in [0.29, 0.717) is 31.7 Å². The number of unbranched alkanes of at least 4 members (excludes halogenated alkanes) is 1. The van der Waals surface area contributed by atoms with Crippen LogP contribution in [0.5, 0.6) is 5.75 Å². The third-order valence-corrected chi connectivity index (χ3v) is 5.84. The number of nitrogens with one attached hydrogen (secondary N) is 1. The topological polar surface area (TPSA) is 64.6 Å². The van der Waals surface area contributed by atoms with Gasteiger partial charge in [0.05, 0.1) is 19.1 Å². The largest absolute Gasteiger partial charge is 0.492 e. The van der Waals surface area contributed by atoms with E-state index in [1.807, 2.05) is 85.8 Å². The summed E-state index contributed by atoms with van der Waals surface area (Å²) in [5, 5.41) is 2.89. The lowest BCUT2D eigenvalue weighted by Crippen LogP contribution is -2.28. The van der Waals surface area contributed by atoms with Gasteiger partial charge < -0.3 is 14.8 Å². The maximum atomic E-state index is 12.4. The molecular weight excluding hydrogens is 438 g/mol. The van der Waals surface area contributed by atoms with Gasteiger partial charge in [-0.1, -0.05) is 74.4 Å². The lowest BCUT2D eigenvalue weighted by Gasteiger charge is -2.15. The molecule has 3 rings (SSSR count). The number of ether oxygens (including phenoxy) is 2. The Morgan fingerprint density at radius 1 is 0.857 bits per heavy atom. The molecule has 0 aliphatic heterocycles. The zero-order valence-electron chi connectivity index (χ0n) is 20.7. The van der Waals surface area contributed by atoms with Gasteiger partial charge in [0.15, 0.2) is 0 Å². The second-order valence-electron chi connectivity index (χ2n) is 8.49. The van der Waals surface area contributed by atoms with Crippen LogP contribution in [0.3, 0.4) is 0 Å². The van der Waals surface area contributed by atoms with E-state index in [4.69, 9.17) is 9.47 Å². The first kappa shape index (κ1) is 26.0. The number of benzene rings is 3. The molecule has 5 heteroatoms. The van der Waals surface area contributed by atoms with Crippen LogP contribution in [-0.4, -0.2) is 31.6 Å². The third kappa shape index (κ3) is 8.29. The first-order chi connectivity index (χ1) is 17.1. The predicted molar refractivity (Wildman–Crippen MR) is 140 cm³/mol. The summed E-state index contributed by atoms with van der Waals surface area (Å²) in [6, 6.07) is 25.4. The number of amides is 1. The van der Waals surface area contributed by atoms with Crippen LogP contribution < -0.4 is 10.1 Å². The van der Waals surface area contributed by atoms with Gasteiger partial charge in [-0.25, -0.2) is 0 Å². The van der Waals surface area contributed by atoms with Gasteiger partial charge in [-0.3, -0.25) is 9.59 Å². The van der Waals surface area contributed by atoms with Crippen LogP contribution in [0.15, 0.2) is 78.9 Å². The molecule has 35 heavy (non-hydrogen) atoms. The van der Waals surface area contributed by atoms with E-state index in [1.165, 1.54) is 0 Å². The molecule has 0 fully saturated rings. The van der Waals surface area contributed by atoms with Crippen molar-refractivity contribution in [2.75, 3.05) is 19.8 Å². The van der Waals surface area contributed by atoms with E-state index in [-0.39, 0.29) is 17.8 Å². The molecule has 3 aromatic rings. The normalized spacial score (nSPS) is 11.5. The van der Waals surface area contributed by atoms with Gasteiger partial charge in [0.2, 0.25) is 0 Å². The molecule has 1 unspecified atom stereocenters. The van der Waals surface area contributed by atoms with Crippen molar-refractivity contribution in [3.63, 3.8) is 0 Å². The van der Waals surface area contributed by atoms with Crippen LogP contribution in [0.4, 0.5) is 0 Å². The van der Waals surface area contributed by atoms with Crippen molar-refractivity contribution in [1.29, 1.82) is 0 Å². The molecule has 0 heterocycles. The fourth-order valence-corrected chi connectivity index (χ4v) is 3.90. The minimum absolute atomic E-state index is 0.112. The van der Waals surface area contributed by atoms with Crippen LogP contribution in [0.2, 0.25) is 0 Å². The summed E-state index contributed by atoms with van der Waals surface area (Å²) in [4.78, 5) is 24.7. The minimum Gasteiger partial charge on any atom is -0.492 e. The Labute approximate surface area is 208 Å². The molecule has 1 amide bonds. The van der Waals surface area contributed by atoms with Crippen LogP contribution >= 0.6 is 0 Å². The summed E-state index contributed by atoms with van der Waals surface area (Å²) in [6.45, 7) is 5.14. The van der Waals surface area contributed by atoms with Gasteiger partial charge in [0, 0.05) is 5.56 Å². The molecule has 0 saturated carbocycles. The van der Waals surface area contributed by atoms with Gasteiger partial charge in [0.25, 0.3) is 5.91 Å². The van der Waals surface area contributed by atoms with Crippen LogP contribution in [0.25, 0.3) is 11.1 Å². The second-order valence-corrected chi connectivity index (χ2v) is 8.49. The zero-order chi connectivity index (χ0) is 24.9. The summed E-state index contributed by atoms with van der Waals surface area (Å²) >= 11 is 0. The van der Waals surface area contributed by atoms with E-state index in [1.54, 1.807) is 0 Å². The zero-order valence-corrected chi connectivity index (χ0v) is 20.7. The molecule has 5 nitrogen and oxygen atoms in total. The van der Waals surface area contributed by atoms with Crippen LogP contribution in [0.1, 0.15) is 49.0 Å². The predicted octanol–water partition coefficient (Wildman–Crippen LogP) is 6.07. The molecule has 0 spiro atoms. The molecule has 1 atom stereocenters. The van der Waals surface area contributed by atoms with Crippen molar-refractivity contribution >= 4 is 11.9 Å². The van der Waals surface area contributed by atoms with E-state index < -0.39 is 0 Å². The Morgan fingerprint density at radius 2 is 1.54 bits per heavy atom. The fraction of sp³-hybridized carbons (Fsp3) is 0.333. The highest BCUT2D eigenvalue weighted by molar-refractivity contribution is 5.94. The van der Waals surface area contributed by atoms with Gasteiger partial charge >= 0.3 is 5.97 Å². The maximum absolute atomic E-state index is 12.4. The maximum Gasteiger partial charge on any atom is 0.309 e. The van der Waals surface area contributed by atoms with E-state index in [9.17, 15) is 9.59 Å². The lowest BCUT2D eigenvalue weighted by molar-refractivity contribution is -0.148. The fourth-order valence-electron chi connectivity index (χ4n) is 3.90. The SMILES string of the molecule is CCCCC(Cc1ccc(OCCNC(=O)c2ccc(-c3ccccc3)cc2)cc1)C(=O)OCC. The highest BCUT2D eigenvalue weighted by Crippen LogP contribution is 2.21. The Hall–Kier alpha value is -3.60. The molecule has 1 N–H and O–H groups in total. The van der Waals surface area contributed by atoms with Gasteiger partial charge in [0.1, 0.15) is 12.4 Å². The third-order valence-electron chi connectivity index (χ3n) is 5.84. The number of hydrogen-bond acceptors (Lipinski definition) is 4. The van der Waals surface area contributed by atoms with Crippen molar-refractivity contribution in [2.24, 2.45) is 5.92 Å². The second kappa shape index (κ2) is 14.0. The number of carbonyl (C=O) groups excluding carboxylic acids is 2. The molecule has 0 aliphatic carbocycles. The summed E-state index contributed by atoms with van der Waals surface area (Å²) in [6.07, 6.45) is 3.56. The van der Waals surface area contributed by atoms with Crippen molar-refractivity contribution < 1.29 is 19.1 Å². The quantitative estimate of drug-likeness (QED) is 0.242. The van der Waals surface area contributed by atoms with Crippen LogP contribution in [-0.2, 0) is 16.0 Å². The summed E-state index contributed by atoms with van der Waals surface area (Å²) < 4.78 is 11.0. The Balaban J connectivity index is 1.43. The van der Waals surface area contributed by atoms with E-state index in [0.717, 1.165) is 41.7 Å².